The number of hydrogen-bond donors (Lipinski definition) is 1. The first-order chi connectivity index (χ1) is 7.00. The zero-order chi connectivity index (χ0) is 11.4. The molecular weight excluding hydrogens is 218 g/mol. The molecule has 0 fully saturated rings. The zero-order valence-corrected chi connectivity index (χ0v) is 8.91. The van der Waals surface area contributed by atoms with Gasteiger partial charge in [-0.05, 0) is 13.0 Å². The Balaban J connectivity index is 2.82. The lowest BCUT2D eigenvalue weighted by Crippen LogP contribution is -2.03. The third-order valence-corrected chi connectivity index (χ3v) is 1.87. The number of pyridine rings is 1. The highest BCUT2D eigenvalue weighted by atomic mass is 35.5. The fraction of sp³-hybridized carbons (Fsp3) is 0.222. The van der Waals surface area contributed by atoms with Crippen LogP contribution in [0.15, 0.2) is 23.9 Å². The predicted molar refractivity (Wildman–Crippen MR) is 59.1 cm³/mol. The number of halogens is 1. The van der Waals surface area contributed by atoms with Crippen molar-refractivity contribution >= 4 is 23.1 Å². The van der Waals surface area contributed by atoms with Crippen LogP contribution < -0.4 is 5.32 Å². The molecule has 0 aliphatic carbocycles. The third-order valence-electron chi connectivity index (χ3n) is 1.74. The maximum Gasteiger partial charge on any atom is 0.290 e. The topological polar surface area (TPSA) is 68.1 Å². The maximum atomic E-state index is 10.5. The van der Waals surface area contributed by atoms with E-state index in [9.17, 15) is 10.1 Å². The summed E-state index contributed by atoms with van der Waals surface area (Å²) in [7, 11) is 0. The van der Waals surface area contributed by atoms with Crippen molar-refractivity contribution < 1.29 is 4.92 Å². The fourth-order valence-electron chi connectivity index (χ4n) is 1.02. The standard InChI is InChI=1S/C9H10ClN3O2/c1-6-3-9(11-4-7(2)10)12-5-8(6)13(14)15/h3,5H,2,4H2,1H3,(H,11,12). The quantitative estimate of drug-likeness (QED) is 0.634. The van der Waals surface area contributed by atoms with Gasteiger partial charge in [0.05, 0.1) is 11.5 Å². The van der Waals surface area contributed by atoms with Gasteiger partial charge in [-0.1, -0.05) is 18.2 Å². The molecule has 80 valence electrons. The van der Waals surface area contributed by atoms with Crippen LogP contribution in [0.5, 0.6) is 0 Å². The lowest BCUT2D eigenvalue weighted by molar-refractivity contribution is -0.385. The van der Waals surface area contributed by atoms with Gasteiger partial charge >= 0.3 is 0 Å². The molecular formula is C9H10ClN3O2. The molecule has 0 unspecified atom stereocenters. The van der Waals surface area contributed by atoms with Gasteiger partial charge in [-0.3, -0.25) is 10.1 Å². The molecule has 1 rings (SSSR count). The molecule has 1 N–H and O–H groups in total. The van der Waals surface area contributed by atoms with Crippen molar-refractivity contribution in [2.45, 2.75) is 6.92 Å². The molecule has 0 aliphatic rings. The van der Waals surface area contributed by atoms with Gasteiger partial charge in [0.2, 0.25) is 0 Å². The summed E-state index contributed by atoms with van der Waals surface area (Å²) in [5.41, 5.74) is 0.558. The summed E-state index contributed by atoms with van der Waals surface area (Å²) in [6.45, 7) is 5.54. The minimum atomic E-state index is -0.466. The monoisotopic (exact) mass is 227 g/mol. The molecule has 1 heterocycles. The normalized spacial score (nSPS) is 9.73. The van der Waals surface area contributed by atoms with Crippen molar-refractivity contribution in [2.24, 2.45) is 0 Å². The van der Waals surface area contributed by atoms with Crippen LogP contribution in [-0.2, 0) is 0 Å². The number of nitrogens with one attached hydrogen (secondary N) is 1. The maximum absolute atomic E-state index is 10.5. The van der Waals surface area contributed by atoms with Crippen LogP contribution in [-0.4, -0.2) is 16.5 Å². The van der Waals surface area contributed by atoms with Gasteiger partial charge in [0.1, 0.15) is 12.0 Å². The molecule has 0 atom stereocenters. The largest absolute Gasteiger partial charge is 0.365 e. The van der Waals surface area contributed by atoms with Crippen LogP contribution in [0.2, 0.25) is 0 Å². The summed E-state index contributed by atoms with van der Waals surface area (Å²) in [6, 6.07) is 1.60. The van der Waals surface area contributed by atoms with E-state index in [1.54, 1.807) is 13.0 Å². The first-order valence-electron chi connectivity index (χ1n) is 4.19. The van der Waals surface area contributed by atoms with Crippen LogP contribution in [0, 0.1) is 17.0 Å². The second kappa shape index (κ2) is 4.75. The number of nitro groups is 1. The Hall–Kier alpha value is -1.62. The van der Waals surface area contributed by atoms with E-state index >= 15 is 0 Å². The van der Waals surface area contributed by atoms with Crippen LogP contribution in [0.4, 0.5) is 11.5 Å². The minimum absolute atomic E-state index is 0.00486. The Morgan fingerprint density at radius 3 is 2.93 bits per heavy atom. The van der Waals surface area contributed by atoms with Gasteiger partial charge in [0.15, 0.2) is 0 Å². The molecule has 5 nitrogen and oxygen atoms in total. The Bertz CT molecular complexity index is 406. The molecule has 0 saturated carbocycles. The number of aromatic nitrogens is 1. The Kier molecular flexibility index (Phi) is 3.62. The van der Waals surface area contributed by atoms with Crippen molar-refractivity contribution in [2.75, 3.05) is 11.9 Å². The summed E-state index contributed by atoms with van der Waals surface area (Å²) in [4.78, 5) is 13.9. The predicted octanol–water partition coefficient (Wildman–Crippen LogP) is 2.46. The fourth-order valence-corrected chi connectivity index (χ4v) is 1.09. The molecule has 15 heavy (non-hydrogen) atoms. The summed E-state index contributed by atoms with van der Waals surface area (Å²) < 4.78 is 0. The highest BCUT2D eigenvalue weighted by molar-refractivity contribution is 6.29. The van der Waals surface area contributed by atoms with Gasteiger partial charge < -0.3 is 5.32 Å². The SMILES string of the molecule is C=C(Cl)CNc1cc(C)c([N+](=O)[O-])cn1. The molecule has 1 aromatic rings. The zero-order valence-electron chi connectivity index (χ0n) is 8.16. The molecule has 0 saturated heterocycles. The average Bonchev–Trinajstić information content (AvgIpc) is 2.14. The van der Waals surface area contributed by atoms with E-state index in [2.05, 4.69) is 16.9 Å². The second-order valence-corrected chi connectivity index (χ2v) is 3.52. The van der Waals surface area contributed by atoms with Crippen LogP contribution in [0.3, 0.4) is 0 Å². The van der Waals surface area contributed by atoms with Crippen LogP contribution in [0.25, 0.3) is 0 Å². The number of aryl methyl sites for hydroxylation is 1. The van der Waals surface area contributed by atoms with Gasteiger partial charge in [-0.15, -0.1) is 0 Å². The van der Waals surface area contributed by atoms with E-state index in [1.165, 1.54) is 6.20 Å². The first kappa shape index (κ1) is 11.5. The number of hydrogen-bond acceptors (Lipinski definition) is 4. The summed E-state index contributed by atoms with van der Waals surface area (Å²) >= 11 is 5.56. The van der Waals surface area contributed by atoms with E-state index in [0.29, 0.717) is 23.0 Å². The lowest BCUT2D eigenvalue weighted by Gasteiger charge is -2.04. The number of nitrogens with zero attached hydrogens (tertiary/aromatic N) is 2. The molecule has 0 bridgehead atoms. The molecule has 1 aromatic heterocycles. The highest BCUT2D eigenvalue weighted by Gasteiger charge is 2.10. The molecule has 0 aliphatic heterocycles. The summed E-state index contributed by atoms with van der Waals surface area (Å²) in [5, 5.41) is 13.8. The molecule has 6 heteroatoms. The first-order valence-corrected chi connectivity index (χ1v) is 4.56. The Morgan fingerprint density at radius 1 is 1.80 bits per heavy atom. The van der Waals surface area contributed by atoms with Gasteiger partial charge in [0.25, 0.3) is 5.69 Å². The van der Waals surface area contributed by atoms with Crippen molar-refractivity contribution in [3.8, 4) is 0 Å². The van der Waals surface area contributed by atoms with E-state index < -0.39 is 4.92 Å². The summed E-state index contributed by atoms with van der Waals surface area (Å²) in [5.74, 6) is 0.542. The molecule has 0 amide bonds. The van der Waals surface area contributed by atoms with Crippen molar-refractivity contribution in [3.05, 3.63) is 39.6 Å². The summed E-state index contributed by atoms with van der Waals surface area (Å²) in [6.07, 6.45) is 1.22. The van der Waals surface area contributed by atoms with Crippen molar-refractivity contribution in [3.63, 3.8) is 0 Å². The molecule has 0 spiro atoms. The van der Waals surface area contributed by atoms with Gasteiger partial charge in [-0.25, -0.2) is 4.98 Å². The van der Waals surface area contributed by atoms with Gasteiger partial charge in [-0.2, -0.15) is 0 Å². The Morgan fingerprint density at radius 2 is 2.47 bits per heavy atom. The number of anilines is 1. The van der Waals surface area contributed by atoms with Crippen LogP contribution >= 0.6 is 11.6 Å². The van der Waals surface area contributed by atoms with E-state index in [1.807, 2.05) is 0 Å². The van der Waals surface area contributed by atoms with E-state index in [4.69, 9.17) is 11.6 Å². The number of rotatable bonds is 4. The smallest absolute Gasteiger partial charge is 0.290 e. The lowest BCUT2D eigenvalue weighted by atomic mass is 10.2. The van der Waals surface area contributed by atoms with Crippen molar-refractivity contribution in [1.82, 2.24) is 4.98 Å². The third kappa shape index (κ3) is 3.21. The van der Waals surface area contributed by atoms with Gasteiger partial charge in [0, 0.05) is 10.6 Å². The molecule has 0 radical (unpaired) electrons. The minimum Gasteiger partial charge on any atom is -0.365 e. The highest BCUT2D eigenvalue weighted by Crippen LogP contribution is 2.18. The second-order valence-electron chi connectivity index (χ2n) is 2.98. The van der Waals surface area contributed by atoms with Crippen LogP contribution in [0.1, 0.15) is 5.56 Å². The Labute approximate surface area is 91.9 Å². The average molecular weight is 228 g/mol. The van der Waals surface area contributed by atoms with E-state index in [-0.39, 0.29) is 5.69 Å². The van der Waals surface area contributed by atoms with E-state index in [0.717, 1.165) is 0 Å². The molecule has 0 aromatic carbocycles. The van der Waals surface area contributed by atoms with Crippen molar-refractivity contribution in [1.29, 1.82) is 0 Å².